The van der Waals surface area contributed by atoms with Crippen LogP contribution in [0, 0.1) is 0 Å². The number of hydrogen-bond donors (Lipinski definition) is 2. The minimum Gasteiger partial charge on any atom is -0.349 e. The molecule has 0 aliphatic heterocycles. The largest absolute Gasteiger partial charge is 0.349 e. The number of carbonyl (C=O) groups excluding carboxylic acids is 2. The number of hydrogen-bond acceptors (Lipinski definition) is 4. The lowest BCUT2D eigenvalue weighted by Crippen LogP contribution is -2.40. The van der Waals surface area contributed by atoms with Crippen molar-refractivity contribution in [2.45, 2.75) is 26.3 Å². The first-order valence-electron chi connectivity index (χ1n) is 6.90. The van der Waals surface area contributed by atoms with Crippen LogP contribution in [0.5, 0.6) is 0 Å². The van der Waals surface area contributed by atoms with Crippen LogP contribution in [-0.4, -0.2) is 54.4 Å². The molecule has 1 aromatic rings. The van der Waals surface area contributed by atoms with Crippen molar-refractivity contribution in [1.29, 1.82) is 0 Å². The normalized spacial score (nSPS) is 11.3. The first kappa shape index (κ1) is 17.1. The van der Waals surface area contributed by atoms with Gasteiger partial charge in [0.1, 0.15) is 5.69 Å². The Morgan fingerprint density at radius 1 is 1.24 bits per heavy atom. The molecule has 1 rings (SSSR count). The molecule has 0 fully saturated rings. The molecule has 0 saturated heterocycles. The van der Waals surface area contributed by atoms with Crippen molar-refractivity contribution in [1.82, 2.24) is 20.5 Å². The van der Waals surface area contributed by atoms with E-state index < -0.39 is 0 Å². The lowest BCUT2D eigenvalue weighted by Gasteiger charge is -2.20. The van der Waals surface area contributed by atoms with Gasteiger partial charge in [-0.3, -0.25) is 14.6 Å². The van der Waals surface area contributed by atoms with Crippen LogP contribution < -0.4 is 10.6 Å². The molecular weight excluding hydrogens is 268 g/mol. The molecule has 2 amide bonds. The second kappa shape index (κ2) is 7.17. The summed E-state index contributed by atoms with van der Waals surface area (Å²) in [6, 6.07) is 3.10. The summed E-state index contributed by atoms with van der Waals surface area (Å²) in [7, 11) is 3.86. The van der Waals surface area contributed by atoms with Gasteiger partial charge in [-0.05, 0) is 47.0 Å². The smallest absolute Gasteiger partial charge is 0.269 e. The standard InChI is InChI=1S/C15H24N4O2/c1-15(2,3)18-13(20)11-6-7-16-12(10-11)14(21)17-8-9-19(4)5/h6-7,10H,8-9H2,1-5H3,(H,17,21)(H,18,20). The minimum atomic E-state index is -0.325. The van der Waals surface area contributed by atoms with Gasteiger partial charge in [-0.1, -0.05) is 0 Å². The van der Waals surface area contributed by atoms with Gasteiger partial charge < -0.3 is 15.5 Å². The summed E-state index contributed by atoms with van der Waals surface area (Å²) in [5.74, 6) is -0.491. The summed E-state index contributed by atoms with van der Waals surface area (Å²) in [5.41, 5.74) is 0.349. The Morgan fingerprint density at radius 2 is 1.90 bits per heavy atom. The first-order valence-corrected chi connectivity index (χ1v) is 6.90. The van der Waals surface area contributed by atoms with Gasteiger partial charge in [-0.25, -0.2) is 0 Å². The Labute approximate surface area is 125 Å². The SMILES string of the molecule is CN(C)CCNC(=O)c1cc(C(=O)NC(C)(C)C)ccn1. The van der Waals surface area contributed by atoms with E-state index in [9.17, 15) is 9.59 Å². The van der Waals surface area contributed by atoms with E-state index in [2.05, 4.69) is 15.6 Å². The Kier molecular flexibility index (Phi) is 5.84. The van der Waals surface area contributed by atoms with E-state index >= 15 is 0 Å². The van der Waals surface area contributed by atoms with Gasteiger partial charge in [-0.15, -0.1) is 0 Å². The van der Waals surface area contributed by atoms with Gasteiger partial charge in [0.05, 0.1) is 0 Å². The van der Waals surface area contributed by atoms with Gasteiger partial charge in [0.15, 0.2) is 0 Å². The van der Waals surface area contributed by atoms with Crippen molar-refractivity contribution >= 4 is 11.8 Å². The maximum Gasteiger partial charge on any atom is 0.269 e. The van der Waals surface area contributed by atoms with Crippen LogP contribution in [0.15, 0.2) is 18.3 Å². The van der Waals surface area contributed by atoms with Crippen molar-refractivity contribution < 1.29 is 9.59 Å². The van der Waals surface area contributed by atoms with Crippen LogP contribution in [0.1, 0.15) is 41.6 Å². The van der Waals surface area contributed by atoms with E-state index in [1.54, 1.807) is 6.07 Å². The topological polar surface area (TPSA) is 74.3 Å². The molecule has 1 aromatic heterocycles. The second-order valence-corrected chi connectivity index (χ2v) is 6.19. The number of pyridine rings is 1. The van der Waals surface area contributed by atoms with Crippen molar-refractivity contribution in [3.05, 3.63) is 29.6 Å². The van der Waals surface area contributed by atoms with Crippen molar-refractivity contribution in [2.24, 2.45) is 0 Å². The zero-order valence-corrected chi connectivity index (χ0v) is 13.4. The van der Waals surface area contributed by atoms with E-state index in [0.29, 0.717) is 12.1 Å². The molecule has 1 heterocycles. The van der Waals surface area contributed by atoms with Gasteiger partial charge >= 0.3 is 0 Å². The molecule has 0 atom stereocenters. The zero-order valence-electron chi connectivity index (χ0n) is 13.4. The Morgan fingerprint density at radius 3 is 2.48 bits per heavy atom. The van der Waals surface area contributed by atoms with Crippen molar-refractivity contribution in [3.8, 4) is 0 Å². The molecule has 0 radical (unpaired) electrons. The maximum absolute atomic E-state index is 12.1. The summed E-state index contributed by atoms with van der Waals surface area (Å²) < 4.78 is 0. The number of rotatable bonds is 5. The number of nitrogens with zero attached hydrogens (tertiary/aromatic N) is 2. The Hall–Kier alpha value is -1.95. The van der Waals surface area contributed by atoms with Gasteiger partial charge in [-0.2, -0.15) is 0 Å². The molecule has 0 aromatic carbocycles. The summed E-state index contributed by atoms with van der Waals surface area (Å²) in [6.07, 6.45) is 1.47. The third kappa shape index (κ3) is 6.35. The van der Waals surface area contributed by atoms with Crippen LogP contribution in [0.25, 0.3) is 0 Å². The highest BCUT2D eigenvalue weighted by Crippen LogP contribution is 2.06. The lowest BCUT2D eigenvalue weighted by atomic mass is 10.1. The molecule has 6 heteroatoms. The van der Waals surface area contributed by atoms with E-state index in [0.717, 1.165) is 6.54 Å². The molecule has 6 nitrogen and oxygen atoms in total. The molecule has 0 bridgehead atoms. The number of nitrogens with one attached hydrogen (secondary N) is 2. The first-order chi connectivity index (χ1) is 9.69. The van der Waals surface area contributed by atoms with Gasteiger partial charge in [0, 0.05) is 30.4 Å². The Bertz CT molecular complexity index is 507. The zero-order chi connectivity index (χ0) is 16.0. The van der Waals surface area contributed by atoms with Gasteiger partial charge in [0.25, 0.3) is 11.8 Å². The highest BCUT2D eigenvalue weighted by molar-refractivity contribution is 5.98. The van der Waals surface area contributed by atoms with Gasteiger partial charge in [0.2, 0.25) is 0 Å². The molecule has 2 N–H and O–H groups in total. The lowest BCUT2D eigenvalue weighted by molar-refractivity contribution is 0.0919. The van der Waals surface area contributed by atoms with E-state index in [-0.39, 0.29) is 23.0 Å². The number of amides is 2. The van der Waals surface area contributed by atoms with Crippen LogP contribution in [0.3, 0.4) is 0 Å². The van der Waals surface area contributed by atoms with E-state index in [1.807, 2.05) is 39.8 Å². The molecule has 0 aliphatic carbocycles. The second-order valence-electron chi connectivity index (χ2n) is 6.19. The molecule has 21 heavy (non-hydrogen) atoms. The maximum atomic E-state index is 12.1. The highest BCUT2D eigenvalue weighted by Gasteiger charge is 2.17. The monoisotopic (exact) mass is 292 g/mol. The molecular formula is C15H24N4O2. The summed E-state index contributed by atoms with van der Waals surface area (Å²) >= 11 is 0. The van der Waals surface area contributed by atoms with Crippen LogP contribution in [-0.2, 0) is 0 Å². The van der Waals surface area contributed by atoms with Crippen molar-refractivity contribution in [2.75, 3.05) is 27.2 Å². The third-order valence-corrected chi connectivity index (χ3v) is 2.59. The predicted octanol–water partition coefficient (Wildman–Crippen LogP) is 0.901. The number of likely N-dealkylation sites (N-methyl/N-ethyl adjacent to an activating group) is 1. The number of aromatic nitrogens is 1. The fraction of sp³-hybridized carbons (Fsp3) is 0.533. The minimum absolute atomic E-state index is 0.216. The summed E-state index contributed by atoms with van der Waals surface area (Å²) in [6.45, 7) is 6.99. The average molecular weight is 292 g/mol. The number of carbonyl (C=O) groups is 2. The molecule has 0 aliphatic rings. The molecule has 0 unspecified atom stereocenters. The summed E-state index contributed by atoms with van der Waals surface area (Å²) in [4.78, 5) is 30.0. The quantitative estimate of drug-likeness (QED) is 0.845. The van der Waals surface area contributed by atoms with Crippen LogP contribution >= 0.6 is 0 Å². The molecule has 0 saturated carbocycles. The average Bonchev–Trinajstić information content (AvgIpc) is 2.36. The predicted molar refractivity (Wildman–Crippen MR) is 82.3 cm³/mol. The molecule has 0 spiro atoms. The summed E-state index contributed by atoms with van der Waals surface area (Å²) in [5, 5.41) is 5.62. The van der Waals surface area contributed by atoms with Crippen molar-refractivity contribution in [3.63, 3.8) is 0 Å². The van der Waals surface area contributed by atoms with E-state index in [1.165, 1.54) is 12.3 Å². The third-order valence-electron chi connectivity index (χ3n) is 2.59. The Balaban J connectivity index is 2.71. The van der Waals surface area contributed by atoms with E-state index in [4.69, 9.17) is 0 Å². The van der Waals surface area contributed by atoms with Crippen LogP contribution in [0.2, 0.25) is 0 Å². The van der Waals surface area contributed by atoms with Crippen LogP contribution in [0.4, 0.5) is 0 Å². The fourth-order valence-corrected chi connectivity index (χ4v) is 1.59. The molecule has 116 valence electrons. The highest BCUT2D eigenvalue weighted by atomic mass is 16.2. The fourth-order valence-electron chi connectivity index (χ4n) is 1.59.